The van der Waals surface area contributed by atoms with E-state index in [0.29, 0.717) is 0 Å². The normalized spacial score (nSPS) is 11.1. The molecule has 1 aromatic carbocycles. The lowest BCUT2D eigenvalue weighted by atomic mass is 10.2. The van der Waals surface area contributed by atoms with E-state index in [0.717, 1.165) is 9.67 Å². The van der Waals surface area contributed by atoms with Gasteiger partial charge in [0.2, 0.25) is 0 Å². The van der Waals surface area contributed by atoms with Crippen LogP contribution in [-0.2, 0) is 5.33 Å². The maximum atomic E-state index is 6.18. The average molecular weight is 308 g/mol. The van der Waals surface area contributed by atoms with Gasteiger partial charge in [0.15, 0.2) is 0 Å². The number of rotatable bonds is 2. The molecule has 0 saturated heterocycles. The van der Waals surface area contributed by atoms with Gasteiger partial charge in [-0.05, 0) is 18.4 Å². The van der Waals surface area contributed by atoms with E-state index in [-0.39, 0.29) is 0 Å². The van der Waals surface area contributed by atoms with E-state index >= 15 is 0 Å². The van der Waals surface area contributed by atoms with Crippen LogP contribution >= 0.6 is 50.6 Å². The van der Waals surface area contributed by atoms with Gasteiger partial charge in [0.25, 0.3) is 0 Å². The third-order valence-electron chi connectivity index (χ3n) is 2.08. The highest BCUT2D eigenvalue weighted by Gasteiger charge is 2.12. The van der Waals surface area contributed by atoms with Crippen molar-refractivity contribution in [1.82, 2.24) is 0 Å². The van der Waals surface area contributed by atoms with Crippen molar-refractivity contribution in [1.29, 1.82) is 0 Å². The summed E-state index contributed by atoms with van der Waals surface area (Å²) in [6, 6.07) is 6.35. The second-order valence-electron chi connectivity index (χ2n) is 2.82. The molecule has 0 bridgehead atoms. The molecule has 14 heavy (non-hydrogen) atoms. The fourth-order valence-corrected chi connectivity index (χ4v) is 4.45. The van der Waals surface area contributed by atoms with E-state index in [4.69, 9.17) is 11.6 Å². The van der Waals surface area contributed by atoms with Crippen LogP contribution in [0.3, 0.4) is 0 Å². The quantitative estimate of drug-likeness (QED) is 0.545. The van der Waals surface area contributed by atoms with E-state index in [1.54, 1.807) is 23.1 Å². The van der Waals surface area contributed by atoms with E-state index in [1.807, 2.05) is 0 Å². The molecule has 0 aliphatic rings. The molecular formula is C10H8BrClS2. The molecular weight excluding hydrogens is 300 g/mol. The van der Waals surface area contributed by atoms with Crippen LogP contribution < -0.4 is 0 Å². The van der Waals surface area contributed by atoms with Crippen molar-refractivity contribution in [2.75, 3.05) is 6.26 Å². The largest absolute Gasteiger partial charge is 0.129 e. The van der Waals surface area contributed by atoms with Crippen molar-refractivity contribution in [3.8, 4) is 0 Å². The van der Waals surface area contributed by atoms with Crippen LogP contribution in [0.4, 0.5) is 0 Å². The first-order chi connectivity index (χ1) is 6.77. The number of fused-ring (bicyclic) bond motifs is 1. The molecule has 0 radical (unpaired) electrons. The molecule has 0 nitrogen and oxygen atoms in total. The Bertz CT molecular complexity index is 464. The second kappa shape index (κ2) is 4.44. The first-order valence-electron chi connectivity index (χ1n) is 4.07. The Kier molecular flexibility index (Phi) is 3.42. The molecule has 0 atom stereocenters. The zero-order valence-electron chi connectivity index (χ0n) is 7.51. The van der Waals surface area contributed by atoms with E-state index < -0.39 is 0 Å². The molecule has 0 fully saturated rings. The molecule has 0 aliphatic heterocycles. The van der Waals surface area contributed by atoms with Crippen LogP contribution in [-0.4, -0.2) is 6.26 Å². The summed E-state index contributed by atoms with van der Waals surface area (Å²) in [5.41, 5.74) is 1.22. The van der Waals surface area contributed by atoms with Gasteiger partial charge in [0, 0.05) is 25.9 Å². The fraction of sp³-hybridized carbons (Fsp3) is 0.200. The number of halogens is 2. The predicted octanol–water partition coefficient (Wildman–Crippen LogP) is 5.17. The van der Waals surface area contributed by atoms with Crippen molar-refractivity contribution in [3.63, 3.8) is 0 Å². The Hall–Kier alpha value is 0.300. The number of hydrogen-bond acceptors (Lipinski definition) is 2. The maximum Gasteiger partial charge on any atom is 0.0981 e. The van der Waals surface area contributed by atoms with Crippen LogP contribution in [0.25, 0.3) is 10.1 Å². The first kappa shape index (κ1) is 10.8. The lowest BCUT2D eigenvalue weighted by molar-refractivity contribution is 1.48. The minimum absolute atomic E-state index is 0.823. The smallest absolute Gasteiger partial charge is 0.0981 e. The van der Waals surface area contributed by atoms with E-state index in [1.165, 1.54) is 20.5 Å². The number of benzene rings is 1. The summed E-state index contributed by atoms with van der Waals surface area (Å²) in [6.45, 7) is 0. The van der Waals surface area contributed by atoms with E-state index in [2.05, 4.69) is 40.4 Å². The van der Waals surface area contributed by atoms with Gasteiger partial charge in [-0.1, -0.05) is 33.6 Å². The Balaban J connectivity index is 2.82. The Morgan fingerprint density at radius 2 is 2.29 bits per heavy atom. The third-order valence-corrected chi connectivity index (χ3v) is 4.87. The van der Waals surface area contributed by atoms with Crippen molar-refractivity contribution < 1.29 is 0 Å². The zero-order chi connectivity index (χ0) is 10.1. The van der Waals surface area contributed by atoms with Crippen molar-refractivity contribution in [3.05, 3.63) is 28.1 Å². The van der Waals surface area contributed by atoms with Gasteiger partial charge >= 0.3 is 0 Å². The van der Waals surface area contributed by atoms with E-state index in [9.17, 15) is 0 Å². The highest BCUT2D eigenvalue weighted by atomic mass is 79.9. The zero-order valence-corrected chi connectivity index (χ0v) is 11.5. The first-order valence-corrected chi connectivity index (χ1v) is 7.62. The van der Waals surface area contributed by atoms with Gasteiger partial charge in [0.1, 0.15) is 0 Å². The van der Waals surface area contributed by atoms with Gasteiger partial charge < -0.3 is 0 Å². The molecule has 0 N–H and O–H groups in total. The summed E-state index contributed by atoms with van der Waals surface area (Å²) in [7, 11) is 0. The van der Waals surface area contributed by atoms with Crippen LogP contribution in [0.15, 0.2) is 23.1 Å². The summed E-state index contributed by atoms with van der Waals surface area (Å²) in [6.07, 6.45) is 2.10. The van der Waals surface area contributed by atoms with Crippen molar-refractivity contribution >= 4 is 60.7 Å². The molecule has 1 aromatic heterocycles. The number of thioether (sulfide) groups is 1. The summed E-state index contributed by atoms with van der Waals surface area (Å²) in [5.74, 6) is 0. The average Bonchev–Trinajstić information content (AvgIpc) is 2.52. The van der Waals surface area contributed by atoms with Crippen LogP contribution in [0.5, 0.6) is 0 Å². The highest BCUT2D eigenvalue weighted by molar-refractivity contribution is 9.08. The fourth-order valence-electron chi connectivity index (χ4n) is 1.44. The molecule has 0 saturated carbocycles. The predicted molar refractivity (Wildman–Crippen MR) is 71.2 cm³/mol. The Morgan fingerprint density at radius 1 is 1.50 bits per heavy atom. The maximum absolute atomic E-state index is 6.18. The SMILES string of the molecule is CSc1cccc2sc(Cl)c(CBr)c12. The van der Waals surface area contributed by atoms with Gasteiger partial charge in [0.05, 0.1) is 4.34 Å². The molecule has 0 unspecified atom stereocenters. The number of thiophene rings is 1. The number of hydrogen-bond donors (Lipinski definition) is 0. The van der Waals surface area contributed by atoms with Crippen molar-refractivity contribution in [2.45, 2.75) is 10.2 Å². The molecule has 1 heterocycles. The van der Waals surface area contributed by atoms with Gasteiger partial charge in [-0.25, -0.2) is 0 Å². The van der Waals surface area contributed by atoms with Crippen LogP contribution in [0.1, 0.15) is 5.56 Å². The monoisotopic (exact) mass is 306 g/mol. The number of alkyl halides is 1. The second-order valence-corrected chi connectivity index (χ2v) is 5.88. The summed E-state index contributed by atoms with van der Waals surface area (Å²) in [4.78, 5) is 1.31. The minimum Gasteiger partial charge on any atom is -0.129 e. The minimum atomic E-state index is 0.823. The van der Waals surface area contributed by atoms with Crippen LogP contribution in [0.2, 0.25) is 4.34 Å². The summed E-state index contributed by atoms with van der Waals surface area (Å²) >= 11 is 13.1. The topological polar surface area (TPSA) is 0 Å². The Morgan fingerprint density at radius 3 is 2.93 bits per heavy atom. The summed E-state index contributed by atoms with van der Waals surface area (Å²) < 4.78 is 2.18. The Labute approximate surface area is 105 Å². The molecule has 4 heteroatoms. The third kappa shape index (κ3) is 1.71. The molecule has 0 amide bonds. The molecule has 0 aliphatic carbocycles. The lowest BCUT2D eigenvalue weighted by Gasteiger charge is -2.00. The summed E-state index contributed by atoms with van der Waals surface area (Å²) in [5, 5.41) is 2.13. The van der Waals surface area contributed by atoms with Gasteiger partial charge in [-0.2, -0.15) is 0 Å². The van der Waals surface area contributed by atoms with Crippen molar-refractivity contribution in [2.24, 2.45) is 0 Å². The molecule has 74 valence electrons. The molecule has 2 rings (SSSR count). The molecule has 0 spiro atoms. The highest BCUT2D eigenvalue weighted by Crippen LogP contribution is 2.40. The van der Waals surface area contributed by atoms with Gasteiger partial charge in [-0.3, -0.25) is 0 Å². The van der Waals surface area contributed by atoms with Gasteiger partial charge in [-0.15, -0.1) is 23.1 Å². The standard InChI is InChI=1S/C10H8BrClS2/c1-13-7-3-2-4-8-9(7)6(5-11)10(12)14-8/h2-4H,5H2,1H3. The van der Waals surface area contributed by atoms with Crippen LogP contribution in [0, 0.1) is 0 Å². The molecule has 2 aromatic rings. The lowest BCUT2D eigenvalue weighted by Crippen LogP contribution is -1.77.